The first-order valence-electron chi connectivity index (χ1n) is 12.3. The maximum Gasteiger partial charge on any atom is 0.264 e. The van der Waals surface area contributed by atoms with Gasteiger partial charge in [0.2, 0.25) is 11.8 Å². The number of likely N-dealkylation sites (N-methyl/N-ethyl adjacent to an activating group) is 1. The van der Waals surface area contributed by atoms with Crippen LogP contribution >= 0.6 is 23.2 Å². The molecule has 3 rings (SSSR count). The maximum absolute atomic E-state index is 14.0. The fraction of sp³-hybridized carbons (Fsp3) is 0.286. The number of carbonyl (C=O) groups is 2. The van der Waals surface area contributed by atoms with Crippen molar-refractivity contribution in [3.05, 3.63) is 82.3 Å². The molecular formula is C28H31Cl2N3O6S. The zero-order valence-corrected chi connectivity index (χ0v) is 24.9. The number of carbonyl (C=O) groups excluding carboxylic acids is 2. The molecule has 0 aliphatic rings. The minimum absolute atomic E-state index is 0.0170. The van der Waals surface area contributed by atoms with Crippen LogP contribution in [0.15, 0.2) is 71.6 Å². The highest BCUT2D eigenvalue weighted by molar-refractivity contribution is 7.92. The number of rotatable bonds is 12. The number of halogens is 2. The number of benzene rings is 3. The average molecular weight is 609 g/mol. The van der Waals surface area contributed by atoms with Crippen LogP contribution in [0.5, 0.6) is 11.5 Å². The van der Waals surface area contributed by atoms with Crippen molar-refractivity contribution in [2.45, 2.75) is 30.8 Å². The Balaban J connectivity index is 2.14. The van der Waals surface area contributed by atoms with E-state index in [0.29, 0.717) is 21.4 Å². The molecule has 0 saturated carbocycles. The van der Waals surface area contributed by atoms with Crippen molar-refractivity contribution in [1.82, 2.24) is 10.2 Å². The Bertz CT molecular complexity index is 1430. The second-order valence-corrected chi connectivity index (χ2v) is 11.3. The minimum Gasteiger partial charge on any atom is -0.493 e. The van der Waals surface area contributed by atoms with Crippen molar-refractivity contribution >= 4 is 50.7 Å². The fourth-order valence-corrected chi connectivity index (χ4v) is 6.11. The molecule has 3 aromatic rings. The van der Waals surface area contributed by atoms with Gasteiger partial charge < -0.3 is 19.7 Å². The quantitative estimate of drug-likeness (QED) is 0.318. The summed E-state index contributed by atoms with van der Waals surface area (Å²) in [4.78, 5) is 28.1. The van der Waals surface area contributed by atoms with Gasteiger partial charge in [0.25, 0.3) is 10.0 Å². The molecule has 1 unspecified atom stereocenters. The van der Waals surface area contributed by atoms with Crippen molar-refractivity contribution < 1.29 is 27.5 Å². The van der Waals surface area contributed by atoms with Crippen LogP contribution < -0.4 is 19.1 Å². The SMILES string of the molecule is CCC(C(=O)NC)N(Cc1c(Cl)cccc1Cl)C(=O)CN(c1ccc(OC)c(OC)c1)S(=O)(=O)c1ccccc1. The highest BCUT2D eigenvalue weighted by Gasteiger charge is 2.34. The molecule has 0 radical (unpaired) electrons. The molecule has 2 amide bonds. The second-order valence-electron chi connectivity index (χ2n) is 8.62. The lowest BCUT2D eigenvalue weighted by molar-refractivity contribution is -0.140. The number of nitrogens with one attached hydrogen (secondary N) is 1. The molecule has 0 aromatic heterocycles. The molecule has 0 spiro atoms. The lowest BCUT2D eigenvalue weighted by Gasteiger charge is -2.33. The standard InChI is InChI=1S/C28H31Cl2N3O6S/c1-5-24(28(35)31-2)32(17-21-22(29)12-9-13-23(21)30)27(34)18-33(40(36,37)20-10-7-6-8-11-20)19-14-15-25(38-3)26(16-19)39-4/h6-16,24H,5,17-18H2,1-4H3,(H,31,35). The molecule has 0 saturated heterocycles. The van der Waals surface area contributed by atoms with Crippen molar-refractivity contribution in [3.63, 3.8) is 0 Å². The number of ether oxygens (including phenoxy) is 2. The monoisotopic (exact) mass is 607 g/mol. The van der Waals surface area contributed by atoms with E-state index in [1.165, 1.54) is 50.4 Å². The van der Waals surface area contributed by atoms with Gasteiger partial charge in [-0.1, -0.05) is 54.4 Å². The van der Waals surface area contributed by atoms with Crippen molar-refractivity contribution in [2.24, 2.45) is 0 Å². The molecule has 0 heterocycles. The number of hydrogen-bond donors (Lipinski definition) is 1. The molecule has 40 heavy (non-hydrogen) atoms. The number of sulfonamides is 1. The molecule has 0 aliphatic carbocycles. The summed E-state index contributed by atoms with van der Waals surface area (Å²) in [6.07, 6.45) is 0.259. The normalized spacial score (nSPS) is 11.8. The average Bonchev–Trinajstić information content (AvgIpc) is 2.96. The summed E-state index contributed by atoms with van der Waals surface area (Å²) in [5, 5.41) is 3.20. The zero-order chi connectivity index (χ0) is 29.4. The fourth-order valence-electron chi connectivity index (χ4n) is 4.17. The third-order valence-electron chi connectivity index (χ3n) is 6.29. The Hall–Kier alpha value is -3.47. The largest absolute Gasteiger partial charge is 0.493 e. The summed E-state index contributed by atoms with van der Waals surface area (Å²) in [5.74, 6) is -0.393. The van der Waals surface area contributed by atoms with E-state index in [9.17, 15) is 18.0 Å². The maximum atomic E-state index is 14.0. The highest BCUT2D eigenvalue weighted by Crippen LogP contribution is 2.34. The Morgan fingerprint density at radius 2 is 1.55 bits per heavy atom. The van der Waals surface area contributed by atoms with Crippen LogP contribution in [-0.2, 0) is 26.2 Å². The second kappa shape index (κ2) is 13.7. The van der Waals surface area contributed by atoms with Gasteiger partial charge in [-0.15, -0.1) is 0 Å². The van der Waals surface area contributed by atoms with E-state index in [0.717, 1.165) is 4.31 Å². The smallest absolute Gasteiger partial charge is 0.264 e. The summed E-state index contributed by atoms with van der Waals surface area (Å²) in [6, 6.07) is 16.3. The Morgan fingerprint density at radius 3 is 2.10 bits per heavy atom. The van der Waals surface area contributed by atoms with Crippen molar-refractivity contribution in [3.8, 4) is 11.5 Å². The number of hydrogen-bond acceptors (Lipinski definition) is 6. The lowest BCUT2D eigenvalue weighted by Crippen LogP contribution is -2.51. The van der Waals surface area contributed by atoms with E-state index in [4.69, 9.17) is 32.7 Å². The van der Waals surface area contributed by atoms with Crippen LogP contribution in [0.1, 0.15) is 18.9 Å². The van der Waals surface area contributed by atoms with Crippen LogP contribution in [-0.4, -0.2) is 59.0 Å². The van der Waals surface area contributed by atoms with Gasteiger partial charge in [0.1, 0.15) is 12.6 Å². The van der Waals surface area contributed by atoms with Crippen LogP contribution in [0.4, 0.5) is 5.69 Å². The molecule has 9 nitrogen and oxygen atoms in total. The van der Waals surface area contributed by atoms with Gasteiger partial charge in [0.15, 0.2) is 11.5 Å². The topological polar surface area (TPSA) is 105 Å². The number of nitrogens with zero attached hydrogens (tertiary/aromatic N) is 2. The first kappa shape index (κ1) is 31.1. The molecule has 0 aliphatic heterocycles. The Labute approximate surface area is 244 Å². The third kappa shape index (κ3) is 6.80. The number of methoxy groups -OCH3 is 2. The summed E-state index contributed by atoms with van der Waals surface area (Å²) >= 11 is 12.8. The zero-order valence-electron chi connectivity index (χ0n) is 22.6. The molecule has 0 bridgehead atoms. The van der Waals surface area contributed by atoms with Crippen LogP contribution in [0.25, 0.3) is 0 Å². The van der Waals surface area contributed by atoms with Gasteiger partial charge in [-0.3, -0.25) is 13.9 Å². The summed E-state index contributed by atoms with van der Waals surface area (Å²) < 4.78 is 39.5. The lowest BCUT2D eigenvalue weighted by atomic mass is 10.1. The molecule has 214 valence electrons. The number of amides is 2. The van der Waals surface area contributed by atoms with Gasteiger partial charge >= 0.3 is 0 Å². The highest BCUT2D eigenvalue weighted by atomic mass is 35.5. The molecule has 1 N–H and O–H groups in total. The van der Waals surface area contributed by atoms with Crippen LogP contribution in [0.2, 0.25) is 10.0 Å². The van der Waals surface area contributed by atoms with Crippen molar-refractivity contribution in [1.29, 1.82) is 0 Å². The van der Waals surface area contributed by atoms with E-state index in [1.807, 2.05) is 0 Å². The van der Waals surface area contributed by atoms with Gasteiger partial charge in [0, 0.05) is 35.3 Å². The summed E-state index contributed by atoms with van der Waals surface area (Å²) in [7, 11) is 0.109. The van der Waals surface area contributed by atoms with Gasteiger partial charge in [-0.2, -0.15) is 0 Å². The van der Waals surface area contributed by atoms with E-state index < -0.39 is 34.4 Å². The summed E-state index contributed by atoms with van der Waals surface area (Å²) in [5.41, 5.74) is 0.601. The minimum atomic E-state index is -4.24. The first-order valence-corrected chi connectivity index (χ1v) is 14.5. The van der Waals surface area contributed by atoms with E-state index in [1.54, 1.807) is 49.4 Å². The van der Waals surface area contributed by atoms with Gasteiger partial charge in [-0.05, 0) is 42.8 Å². The van der Waals surface area contributed by atoms with Gasteiger partial charge in [0.05, 0.1) is 24.8 Å². The van der Waals surface area contributed by atoms with Crippen LogP contribution in [0, 0.1) is 0 Å². The predicted octanol–water partition coefficient (Wildman–Crippen LogP) is 4.76. The summed E-state index contributed by atoms with van der Waals surface area (Å²) in [6.45, 7) is 1.01. The molecule has 12 heteroatoms. The predicted molar refractivity (Wildman–Crippen MR) is 156 cm³/mol. The Kier molecular flexibility index (Phi) is 10.7. The van der Waals surface area contributed by atoms with E-state index in [-0.39, 0.29) is 29.3 Å². The Morgan fingerprint density at radius 1 is 0.925 bits per heavy atom. The van der Waals surface area contributed by atoms with Gasteiger partial charge in [-0.25, -0.2) is 8.42 Å². The number of anilines is 1. The molecule has 0 fully saturated rings. The molecule has 1 atom stereocenters. The van der Waals surface area contributed by atoms with E-state index >= 15 is 0 Å². The van der Waals surface area contributed by atoms with Crippen molar-refractivity contribution in [2.75, 3.05) is 32.1 Å². The molecular weight excluding hydrogens is 577 g/mol. The van der Waals surface area contributed by atoms with Crippen LogP contribution in [0.3, 0.4) is 0 Å². The third-order valence-corrected chi connectivity index (χ3v) is 8.78. The first-order chi connectivity index (χ1) is 19.1. The van der Waals surface area contributed by atoms with E-state index in [2.05, 4.69) is 5.32 Å². The molecule has 3 aromatic carbocycles.